The number of carboxylic acids is 1. The van der Waals surface area contributed by atoms with Gasteiger partial charge in [-0.3, -0.25) is 4.79 Å². The van der Waals surface area contributed by atoms with Gasteiger partial charge < -0.3 is 20.1 Å². The summed E-state index contributed by atoms with van der Waals surface area (Å²) in [6, 6.07) is 2.18. The van der Waals surface area contributed by atoms with Crippen LogP contribution in [0.5, 0.6) is 5.75 Å². The Morgan fingerprint density at radius 2 is 2.08 bits per heavy atom. The van der Waals surface area contributed by atoms with Gasteiger partial charge in [0, 0.05) is 19.2 Å². The number of carbonyl (C=O) groups excluding carboxylic acids is 1. The summed E-state index contributed by atoms with van der Waals surface area (Å²) in [5.74, 6) is -3.00. The zero-order chi connectivity index (χ0) is 17.9. The van der Waals surface area contributed by atoms with Crippen LogP contribution in [0.2, 0.25) is 0 Å². The largest absolute Gasteiger partial charge is 0.481 e. The van der Waals surface area contributed by atoms with Crippen LogP contribution in [0.25, 0.3) is 0 Å². The Morgan fingerprint density at radius 3 is 2.71 bits per heavy atom. The van der Waals surface area contributed by atoms with Crippen LogP contribution in [0, 0.1) is 17.7 Å². The molecule has 2 amide bonds. The van der Waals surface area contributed by atoms with Crippen molar-refractivity contribution in [1.82, 2.24) is 4.90 Å². The molecule has 1 saturated heterocycles. The minimum atomic E-state index is -3.17. The Hall–Kier alpha value is -2.45. The summed E-state index contributed by atoms with van der Waals surface area (Å²) in [4.78, 5) is 24.7. The summed E-state index contributed by atoms with van der Waals surface area (Å²) in [5.41, 5.74) is -0.119. The fourth-order valence-corrected chi connectivity index (χ4v) is 2.68. The van der Waals surface area contributed by atoms with E-state index in [-0.39, 0.29) is 18.2 Å². The summed E-state index contributed by atoms with van der Waals surface area (Å²) < 4.78 is 42.1. The van der Waals surface area contributed by atoms with Gasteiger partial charge in [0.1, 0.15) is 5.82 Å². The molecule has 2 N–H and O–H groups in total. The number of alkyl halides is 2. The number of hydrogen-bond acceptors (Lipinski definition) is 3. The standard InChI is InChI=1S/C15H17F3N2O4/c1-8-4-9(13(21)22)7-20(6-8)15(23)19-11-3-2-10(16)5-12(11)24-14(17)18/h2-3,5,8-9,14H,4,6-7H2,1H3,(H,19,23)(H,21,22). The number of aliphatic carboxylic acids is 1. The maximum Gasteiger partial charge on any atom is 0.387 e. The number of urea groups is 1. The molecule has 0 spiro atoms. The molecule has 24 heavy (non-hydrogen) atoms. The molecule has 0 bridgehead atoms. The van der Waals surface area contributed by atoms with E-state index >= 15 is 0 Å². The highest BCUT2D eigenvalue weighted by molar-refractivity contribution is 5.91. The fraction of sp³-hybridized carbons (Fsp3) is 0.467. The van der Waals surface area contributed by atoms with Crippen molar-refractivity contribution in [2.24, 2.45) is 11.8 Å². The van der Waals surface area contributed by atoms with Crippen molar-refractivity contribution < 1.29 is 32.6 Å². The van der Waals surface area contributed by atoms with Crippen LogP contribution >= 0.6 is 0 Å². The van der Waals surface area contributed by atoms with Gasteiger partial charge >= 0.3 is 18.6 Å². The number of carbonyl (C=O) groups is 2. The lowest BCUT2D eigenvalue weighted by Gasteiger charge is -2.34. The second kappa shape index (κ2) is 7.41. The van der Waals surface area contributed by atoms with Gasteiger partial charge in [-0.2, -0.15) is 8.78 Å². The Balaban J connectivity index is 2.12. The number of piperidine rings is 1. The third kappa shape index (κ3) is 4.53. The topological polar surface area (TPSA) is 78.9 Å². The van der Waals surface area contributed by atoms with E-state index in [0.717, 1.165) is 18.2 Å². The molecule has 1 fully saturated rings. The average Bonchev–Trinajstić information content (AvgIpc) is 2.48. The van der Waals surface area contributed by atoms with Gasteiger partial charge in [-0.1, -0.05) is 6.92 Å². The maximum atomic E-state index is 13.2. The number of rotatable bonds is 4. The van der Waals surface area contributed by atoms with Crippen molar-refractivity contribution >= 4 is 17.7 Å². The fourth-order valence-electron chi connectivity index (χ4n) is 2.68. The highest BCUT2D eigenvalue weighted by atomic mass is 19.3. The predicted octanol–water partition coefficient (Wildman–Crippen LogP) is 3.00. The molecule has 1 heterocycles. The molecule has 1 aliphatic heterocycles. The van der Waals surface area contributed by atoms with E-state index in [4.69, 9.17) is 5.11 Å². The van der Waals surface area contributed by atoms with Crippen molar-refractivity contribution in [3.8, 4) is 5.75 Å². The van der Waals surface area contributed by atoms with Crippen LogP contribution in [0.3, 0.4) is 0 Å². The van der Waals surface area contributed by atoms with Crippen molar-refractivity contribution in [3.05, 3.63) is 24.0 Å². The Bertz CT molecular complexity index is 627. The Kier molecular flexibility index (Phi) is 5.53. The molecule has 2 unspecified atom stereocenters. The number of nitrogens with one attached hydrogen (secondary N) is 1. The molecule has 2 rings (SSSR count). The van der Waals surface area contributed by atoms with Crippen LogP contribution in [0.4, 0.5) is 23.7 Å². The Morgan fingerprint density at radius 1 is 1.38 bits per heavy atom. The number of nitrogens with zero attached hydrogens (tertiary/aromatic N) is 1. The molecule has 1 aromatic rings. The molecule has 9 heteroatoms. The summed E-state index contributed by atoms with van der Waals surface area (Å²) in [6.45, 7) is -1.01. The first-order valence-corrected chi connectivity index (χ1v) is 7.29. The monoisotopic (exact) mass is 346 g/mol. The first kappa shape index (κ1) is 17.9. The van der Waals surface area contributed by atoms with Gasteiger partial charge in [-0.25, -0.2) is 9.18 Å². The molecule has 0 saturated carbocycles. The van der Waals surface area contributed by atoms with Crippen LogP contribution in [-0.2, 0) is 4.79 Å². The van der Waals surface area contributed by atoms with Crippen molar-refractivity contribution in [1.29, 1.82) is 0 Å². The van der Waals surface area contributed by atoms with Gasteiger partial charge in [0.25, 0.3) is 0 Å². The number of likely N-dealkylation sites (tertiary alicyclic amines) is 1. The molecule has 0 aromatic heterocycles. The molecule has 132 valence electrons. The zero-order valence-electron chi connectivity index (χ0n) is 12.8. The van der Waals surface area contributed by atoms with Crippen LogP contribution in [0.15, 0.2) is 18.2 Å². The summed E-state index contributed by atoms with van der Waals surface area (Å²) in [7, 11) is 0. The summed E-state index contributed by atoms with van der Waals surface area (Å²) in [5, 5.41) is 11.5. The molecular formula is C15H17F3N2O4. The second-order valence-electron chi connectivity index (χ2n) is 5.73. The number of hydrogen-bond donors (Lipinski definition) is 2. The van der Waals surface area contributed by atoms with E-state index in [0.29, 0.717) is 13.0 Å². The second-order valence-corrected chi connectivity index (χ2v) is 5.73. The molecule has 0 radical (unpaired) electrons. The van der Waals surface area contributed by atoms with Crippen molar-refractivity contribution in [2.45, 2.75) is 20.0 Å². The SMILES string of the molecule is CC1CC(C(=O)O)CN(C(=O)Nc2ccc(F)cc2OC(F)F)C1. The highest BCUT2D eigenvalue weighted by Crippen LogP contribution is 2.28. The van der Waals surface area contributed by atoms with E-state index in [2.05, 4.69) is 10.1 Å². The molecule has 1 aliphatic rings. The van der Waals surface area contributed by atoms with Crippen LogP contribution in [-0.4, -0.2) is 41.7 Å². The molecule has 2 atom stereocenters. The molecule has 1 aromatic carbocycles. The van der Waals surface area contributed by atoms with Gasteiger partial charge in [0.05, 0.1) is 11.6 Å². The van der Waals surface area contributed by atoms with Crippen LogP contribution in [0.1, 0.15) is 13.3 Å². The lowest BCUT2D eigenvalue weighted by molar-refractivity contribution is -0.143. The minimum Gasteiger partial charge on any atom is -0.481 e. The number of amides is 2. The lowest BCUT2D eigenvalue weighted by Crippen LogP contribution is -2.47. The maximum absolute atomic E-state index is 13.2. The summed E-state index contributed by atoms with van der Waals surface area (Å²) in [6.07, 6.45) is 0.454. The van der Waals surface area contributed by atoms with E-state index in [1.165, 1.54) is 4.90 Å². The number of anilines is 1. The molecule has 6 nitrogen and oxygen atoms in total. The van der Waals surface area contributed by atoms with Crippen LogP contribution < -0.4 is 10.1 Å². The van der Waals surface area contributed by atoms with Gasteiger partial charge in [-0.05, 0) is 24.5 Å². The Labute approximate surface area is 136 Å². The van der Waals surface area contributed by atoms with E-state index in [1.807, 2.05) is 6.92 Å². The van der Waals surface area contributed by atoms with Crippen molar-refractivity contribution in [3.63, 3.8) is 0 Å². The smallest absolute Gasteiger partial charge is 0.387 e. The number of carboxylic acid groups (broad SMARTS) is 1. The van der Waals surface area contributed by atoms with Crippen molar-refractivity contribution in [2.75, 3.05) is 18.4 Å². The number of benzene rings is 1. The van der Waals surface area contributed by atoms with Gasteiger partial charge in [0.15, 0.2) is 5.75 Å². The first-order valence-electron chi connectivity index (χ1n) is 7.29. The lowest BCUT2D eigenvalue weighted by atomic mass is 9.91. The third-order valence-corrected chi connectivity index (χ3v) is 3.70. The minimum absolute atomic E-state index is 0.0116. The van der Waals surface area contributed by atoms with E-state index < -0.39 is 36.1 Å². The van der Waals surface area contributed by atoms with E-state index in [1.54, 1.807) is 0 Å². The molecule has 0 aliphatic carbocycles. The quantitative estimate of drug-likeness (QED) is 0.878. The average molecular weight is 346 g/mol. The first-order chi connectivity index (χ1) is 11.3. The number of halogens is 3. The zero-order valence-corrected chi connectivity index (χ0v) is 12.8. The number of ether oxygens (including phenoxy) is 1. The normalized spacial score (nSPS) is 20.8. The summed E-state index contributed by atoms with van der Waals surface area (Å²) >= 11 is 0. The third-order valence-electron chi connectivity index (χ3n) is 3.70. The van der Waals surface area contributed by atoms with E-state index in [9.17, 15) is 22.8 Å². The predicted molar refractivity (Wildman–Crippen MR) is 78.5 cm³/mol. The highest BCUT2D eigenvalue weighted by Gasteiger charge is 2.32. The molecular weight excluding hydrogens is 329 g/mol. The van der Waals surface area contributed by atoms with Gasteiger partial charge in [0.2, 0.25) is 0 Å². The van der Waals surface area contributed by atoms with Gasteiger partial charge in [-0.15, -0.1) is 0 Å².